The van der Waals surface area contributed by atoms with Crippen LogP contribution in [0.2, 0.25) is 0 Å². The van der Waals surface area contributed by atoms with Gasteiger partial charge in [0.15, 0.2) is 5.17 Å². The summed E-state index contributed by atoms with van der Waals surface area (Å²) in [6, 6.07) is 8.07. The first kappa shape index (κ1) is 15.8. The minimum absolute atomic E-state index is 0.0388. The summed E-state index contributed by atoms with van der Waals surface area (Å²) in [5.41, 5.74) is -0.812. The molecule has 0 unspecified atom stereocenters. The Labute approximate surface area is 137 Å². The van der Waals surface area contributed by atoms with E-state index in [1.807, 2.05) is 17.5 Å². The number of hydrogen-bond donors (Lipinski definition) is 1. The molecule has 8 heteroatoms. The maximum Gasteiger partial charge on any atom is 0.416 e. The van der Waals surface area contributed by atoms with Crippen molar-refractivity contribution in [2.24, 2.45) is 0 Å². The third-order valence-electron chi connectivity index (χ3n) is 3.07. The summed E-state index contributed by atoms with van der Waals surface area (Å²) >= 11 is 2.37. The van der Waals surface area contributed by atoms with Crippen LogP contribution in [0.5, 0.6) is 0 Å². The highest BCUT2D eigenvalue weighted by atomic mass is 32.2. The van der Waals surface area contributed by atoms with E-state index in [4.69, 9.17) is 5.41 Å². The van der Waals surface area contributed by atoms with E-state index < -0.39 is 17.6 Å². The zero-order chi connectivity index (χ0) is 16.6. The number of amides is 1. The van der Waals surface area contributed by atoms with E-state index in [1.165, 1.54) is 23.5 Å². The molecule has 23 heavy (non-hydrogen) atoms. The third-order valence-corrected chi connectivity index (χ3v) is 4.78. The third kappa shape index (κ3) is 3.18. The summed E-state index contributed by atoms with van der Waals surface area (Å²) in [5, 5.41) is 9.65. The van der Waals surface area contributed by atoms with E-state index >= 15 is 0 Å². The molecule has 2 heterocycles. The zero-order valence-corrected chi connectivity index (χ0v) is 13.1. The average Bonchev–Trinajstić information content (AvgIpc) is 3.08. The van der Waals surface area contributed by atoms with Gasteiger partial charge in [-0.05, 0) is 47.5 Å². The molecule has 1 amide bonds. The number of thioether (sulfide) groups is 1. The number of thiophene rings is 1. The number of carbonyl (C=O) groups is 1. The summed E-state index contributed by atoms with van der Waals surface area (Å²) in [5.74, 6) is -0.493. The number of carbonyl (C=O) groups excluding carboxylic acids is 1. The maximum absolute atomic E-state index is 12.8. The number of halogens is 3. The van der Waals surface area contributed by atoms with Crippen molar-refractivity contribution in [3.8, 4) is 0 Å². The fraction of sp³-hybridized carbons (Fsp3) is 0.0667. The van der Waals surface area contributed by atoms with Gasteiger partial charge in [0.2, 0.25) is 0 Å². The number of benzene rings is 1. The Hall–Kier alpha value is -2.06. The van der Waals surface area contributed by atoms with Gasteiger partial charge in [0.1, 0.15) is 0 Å². The Balaban J connectivity index is 1.95. The molecule has 3 nitrogen and oxygen atoms in total. The lowest BCUT2D eigenvalue weighted by Crippen LogP contribution is -2.28. The summed E-state index contributed by atoms with van der Waals surface area (Å²) in [6.45, 7) is 0. The predicted octanol–water partition coefficient (Wildman–Crippen LogP) is 4.82. The molecule has 3 rings (SSSR count). The van der Waals surface area contributed by atoms with Gasteiger partial charge in [-0.2, -0.15) is 13.2 Å². The number of nitrogens with zero attached hydrogens (tertiary/aromatic N) is 1. The molecule has 0 aliphatic carbocycles. The van der Waals surface area contributed by atoms with Crippen molar-refractivity contribution < 1.29 is 18.0 Å². The molecule has 1 aromatic heterocycles. The van der Waals surface area contributed by atoms with Gasteiger partial charge in [0, 0.05) is 4.88 Å². The molecular weight excluding hydrogens is 345 g/mol. The first-order valence-corrected chi connectivity index (χ1v) is 8.09. The van der Waals surface area contributed by atoms with E-state index in [0.29, 0.717) is 4.91 Å². The van der Waals surface area contributed by atoms with Gasteiger partial charge in [-0.15, -0.1) is 11.3 Å². The molecule has 0 saturated carbocycles. The molecule has 2 aromatic rings. The Morgan fingerprint density at radius 3 is 2.61 bits per heavy atom. The van der Waals surface area contributed by atoms with Crippen molar-refractivity contribution >= 4 is 45.9 Å². The standard InChI is InChI=1S/C15H9F3N2OS2/c16-15(17,18)9-3-1-4-10(7-9)20-13(21)12(23-14(20)19)8-11-5-2-6-22-11/h1-8,19H. The van der Waals surface area contributed by atoms with Gasteiger partial charge in [0.05, 0.1) is 16.2 Å². The number of anilines is 1. The van der Waals surface area contributed by atoms with Gasteiger partial charge in [0.25, 0.3) is 5.91 Å². The quantitative estimate of drug-likeness (QED) is 0.786. The molecule has 1 aliphatic rings. The summed E-state index contributed by atoms with van der Waals surface area (Å²) in [6.07, 6.45) is -2.86. The zero-order valence-electron chi connectivity index (χ0n) is 11.4. The van der Waals surface area contributed by atoms with Gasteiger partial charge in [-0.25, -0.2) is 0 Å². The van der Waals surface area contributed by atoms with Crippen molar-refractivity contribution in [1.82, 2.24) is 0 Å². The Bertz CT molecular complexity index is 797. The van der Waals surface area contributed by atoms with Crippen LogP contribution in [0.4, 0.5) is 18.9 Å². The molecule has 118 valence electrons. The molecule has 1 N–H and O–H groups in total. The van der Waals surface area contributed by atoms with Crippen molar-refractivity contribution in [2.75, 3.05) is 4.90 Å². The summed E-state index contributed by atoms with van der Waals surface area (Å²) in [4.78, 5) is 14.6. The number of hydrogen-bond acceptors (Lipinski definition) is 4. The Morgan fingerprint density at radius 2 is 1.96 bits per heavy atom. The number of alkyl halides is 3. The predicted molar refractivity (Wildman–Crippen MR) is 86.5 cm³/mol. The first-order chi connectivity index (χ1) is 10.9. The second kappa shape index (κ2) is 5.86. The molecule has 0 atom stereocenters. The molecule has 0 radical (unpaired) electrons. The van der Waals surface area contributed by atoms with Crippen molar-refractivity contribution in [1.29, 1.82) is 5.41 Å². The van der Waals surface area contributed by atoms with Crippen molar-refractivity contribution in [3.05, 3.63) is 57.1 Å². The van der Waals surface area contributed by atoms with Crippen molar-refractivity contribution in [3.63, 3.8) is 0 Å². The molecule has 0 spiro atoms. The largest absolute Gasteiger partial charge is 0.416 e. The van der Waals surface area contributed by atoms with Gasteiger partial charge in [-0.1, -0.05) is 12.1 Å². The maximum atomic E-state index is 12.8. The van der Waals surface area contributed by atoms with Crippen LogP contribution in [0.3, 0.4) is 0 Å². The highest BCUT2D eigenvalue weighted by Crippen LogP contribution is 2.38. The molecule has 1 fully saturated rings. The van der Waals surface area contributed by atoms with Gasteiger partial charge in [-0.3, -0.25) is 15.1 Å². The SMILES string of the molecule is N=C1SC(=Cc2cccs2)C(=O)N1c1cccc(C(F)(F)F)c1. The first-order valence-electron chi connectivity index (χ1n) is 6.39. The van der Waals surface area contributed by atoms with Gasteiger partial charge < -0.3 is 0 Å². The van der Waals surface area contributed by atoms with Crippen LogP contribution in [-0.4, -0.2) is 11.1 Å². The molecule has 0 bridgehead atoms. The van der Waals surface area contributed by atoms with E-state index in [-0.39, 0.29) is 10.9 Å². The smallest absolute Gasteiger partial charge is 0.278 e. The number of amidine groups is 1. The monoisotopic (exact) mass is 354 g/mol. The Kier molecular flexibility index (Phi) is 4.03. The fourth-order valence-corrected chi connectivity index (χ4v) is 3.63. The molecule has 1 aromatic carbocycles. The van der Waals surface area contributed by atoms with Crippen LogP contribution in [-0.2, 0) is 11.0 Å². The van der Waals surface area contributed by atoms with E-state index in [0.717, 1.165) is 33.7 Å². The second-order valence-corrected chi connectivity index (χ2v) is 6.63. The highest BCUT2D eigenvalue weighted by molar-refractivity contribution is 8.19. The lowest BCUT2D eigenvalue weighted by molar-refractivity contribution is -0.137. The van der Waals surface area contributed by atoms with E-state index in [2.05, 4.69) is 0 Å². The lowest BCUT2D eigenvalue weighted by Gasteiger charge is -2.16. The average molecular weight is 354 g/mol. The molecular formula is C15H9F3N2OS2. The van der Waals surface area contributed by atoms with Crippen LogP contribution in [0.1, 0.15) is 10.4 Å². The lowest BCUT2D eigenvalue weighted by atomic mass is 10.2. The van der Waals surface area contributed by atoms with Crippen LogP contribution in [0.25, 0.3) is 6.08 Å². The molecule has 1 aliphatic heterocycles. The normalized spacial score (nSPS) is 17.3. The van der Waals surface area contributed by atoms with Gasteiger partial charge >= 0.3 is 6.18 Å². The van der Waals surface area contributed by atoms with Crippen LogP contribution >= 0.6 is 23.1 Å². The number of rotatable bonds is 2. The fourth-order valence-electron chi connectivity index (χ4n) is 2.05. The van der Waals surface area contributed by atoms with Crippen molar-refractivity contribution in [2.45, 2.75) is 6.18 Å². The Morgan fingerprint density at radius 1 is 1.17 bits per heavy atom. The minimum atomic E-state index is -4.50. The van der Waals surface area contributed by atoms with Crippen LogP contribution < -0.4 is 4.90 Å². The highest BCUT2D eigenvalue weighted by Gasteiger charge is 2.36. The summed E-state index contributed by atoms with van der Waals surface area (Å²) < 4.78 is 38.4. The van der Waals surface area contributed by atoms with E-state index in [1.54, 1.807) is 6.08 Å². The van der Waals surface area contributed by atoms with Crippen LogP contribution in [0.15, 0.2) is 46.7 Å². The summed E-state index contributed by atoms with van der Waals surface area (Å²) in [7, 11) is 0. The second-order valence-electron chi connectivity index (χ2n) is 4.62. The minimum Gasteiger partial charge on any atom is -0.278 e. The molecule has 1 saturated heterocycles. The van der Waals surface area contributed by atoms with E-state index in [9.17, 15) is 18.0 Å². The van der Waals surface area contributed by atoms with Crippen LogP contribution in [0, 0.1) is 5.41 Å². The topological polar surface area (TPSA) is 44.2 Å². The number of nitrogens with one attached hydrogen (secondary N) is 1.